The molecule has 0 bridgehead atoms. The van der Waals surface area contributed by atoms with Crippen LogP contribution in [0.25, 0.3) is 0 Å². The van der Waals surface area contributed by atoms with Gasteiger partial charge < -0.3 is 62.5 Å². The molecule has 2 aromatic rings. The SMILES string of the molecule is CN(C)[C@@H]1C(O)=C(C(N)=O)C(=O)[C@@]2(O)C(O)=C3C(=O)c4c(O)cccc4[C@@](C)(O)[C@H]3C[C@@H]12.CN(C)[C@@H]1C(O)=C(C(N)=O)C(=O)[C@@]2(O)C(O)=C3C(=O)c4c(O)cccc4[C@@](C)(O)[C@H]3C[C@@H]12. The molecule has 20 nitrogen and oxygen atoms in total. The average Bonchev–Trinajstić information content (AvgIpc) is 3.18. The van der Waals surface area contributed by atoms with Crippen molar-refractivity contribution >= 4 is 34.9 Å². The molecule has 0 heterocycles. The first kappa shape index (κ1) is 45.6. The molecule has 0 unspecified atom stereocenters. The second kappa shape index (κ2) is 14.6. The fourth-order valence-corrected chi connectivity index (χ4v) is 11.0. The zero-order valence-corrected chi connectivity index (χ0v) is 35.3. The molecule has 20 heteroatoms. The number of likely N-dealkylation sites (N-methyl/N-ethyl adjacent to an activating group) is 2. The van der Waals surface area contributed by atoms with Crippen molar-refractivity contribution in [2.45, 2.75) is 61.2 Å². The van der Waals surface area contributed by atoms with Crippen LogP contribution in [0.1, 0.15) is 58.5 Å². The number of amides is 2. The fourth-order valence-electron chi connectivity index (χ4n) is 11.0. The molecule has 14 N–H and O–H groups in total. The lowest BCUT2D eigenvalue weighted by Crippen LogP contribution is -2.65. The lowest BCUT2D eigenvalue weighted by atomic mass is 9.55. The first-order chi connectivity index (χ1) is 29.5. The highest BCUT2D eigenvalue weighted by atomic mass is 16.4. The van der Waals surface area contributed by atoms with Gasteiger partial charge in [-0.25, -0.2) is 0 Å². The van der Waals surface area contributed by atoms with Crippen molar-refractivity contribution in [2.24, 2.45) is 35.1 Å². The normalized spacial score (nSPS) is 34.4. The molecular weight excluding hydrogens is 840 g/mol. The van der Waals surface area contributed by atoms with Crippen LogP contribution in [0.4, 0.5) is 0 Å². The van der Waals surface area contributed by atoms with Crippen molar-refractivity contribution in [2.75, 3.05) is 28.2 Å². The van der Waals surface area contributed by atoms with Crippen LogP contribution in [-0.4, -0.2) is 147 Å². The number of phenols is 2. The molecule has 0 spiro atoms. The van der Waals surface area contributed by atoms with Crippen molar-refractivity contribution in [1.29, 1.82) is 0 Å². The molecule has 0 fully saturated rings. The van der Waals surface area contributed by atoms with Gasteiger partial charge in [0.1, 0.15) is 45.7 Å². The number of primary amides is 2. The highest BCUT2D eigenvalue weighted by molar-refractivity contribution is 6.26. The highest BCUT2D eigenvalue weighted by Gasteiger charge is 2.67. The number of carbonyl (C=O) groups excluding carboxylic acids is 6. The molecule has 0 saturated carbocycles. The molecule has 6 aliphatic rings. The van der Waals surface area contributed by atoms with E-state index in [1.165, 1.54) is 88.2 Å². The minimum absolute atomic E-state index is 0.135. The second-order valence-electron chi connectivity index (χ2n) is 17.9. The summed E-state index contributed by atoms with van der Waals surface area (Å²) < 4.78 is 0. The third-order valence-electron chi connectivity index (χ3n) is 14.0. The van der Waals surface area contributed by atoms with Gasteiger partial charge in [-0.05, 0) is 78.1 Å². The zero-order chi connectivity index (χ0) is 47.8. The number of rotatable bonds is 4. The number of aliphatic hydroxyl groups excluding tert-OH is 4. The van der Waals surface area contributed by atoms with Gasteiger partial charge in [0, 0.05) is 34.8 Å². The highest BCUT2D eigenvalue weighted by Crippen LogP contribution is 2.58. The van der Waals surface area contributed by atoms with Gasteiger partial charge in [0.05, 0.1) is 34.4 Å². The van der Waals surface area contributed by atoms with Gasteiger partial charge in [-0.1, -0.05) is 24.3 Å². The van der Waals surface area contributed by atoms with Crippen molar-refractivity contribution in [3.63, 3.8) is 0 Å². The number of hydrogen-bond donors (Lipinski definition) is 12. The number of hydrogen-bond acceptors (Lipinski definition) is 18. The van der Waals surface area contributed by atoms with Crippen LogP contribution in [0.15, 0.2) is 81.7 Å². The maximum atomic E-state index is 13.3. The summed E-state index contributed by atoms with van der Waals surface area (Å²) in [4.78, 5) is 79.7. The molecule has 10 atom stereocenters. The van der Waals surface area contributed by atoms with E-state index < -0.39 is 150 Å². The summed E-state index contributed by atoms with van der Waals surface area (Å²) in [7, 11) is 6.12. The number of nitrogens with zero attached hydrogens (tertiary/aromatic N) is 2. The van der Waals surface area contributed by atoms with E-state index in [-0.39, 0.29) is 35.1 Å². The topological polar surface area (TPSA) is 363 Å². The van der Waals surface area contributed by atoms with Gasteiger partial charge >= 0.3 is 0 Å². The van der Waals surface area contributed by atoms with Crippen LogP contribution in [0.3, 0.4) is 0 Å². The Bertz CT molecular complexity index is 2480. The van der Waals surface area contributed by atoms with Crippen molar-refractivity contribution in [3.8, 4) is 11.5 Å². The maximum Gasteiger partial charge on any atom is 0.255 e. The lowest BCUT2D eigenvalue weighted by molar-refractivity contribution is -0.152. The zero-order valence-electron chi connectivity index (χ0n) is 35.3. The maximum absolute atomic E-state index is 13.3. The summed E-state index contributed by atoms with van der Waals surface area (Å²) in [5.74, 6) is -15.8. The van der Waals surface area contributed by atoms with Crippen LogP contribution >= 0.6 is 0 Å². The number of carbonyl (C=O) groups is 6. The minimum atomic E-state index is -2.75. The minimum Gasteiger partial charge on any atom is -0.510 e. The quantitative estimate of drug-likeness (QED) is 0.173. The largest absolute Gasteiger partial charge is 0.510 e. The predicted octanol–water partition coefficient (Wildman–Crippen LogP) is -0.429. The Hall–Kier alpha value is -6.42. The van der Waals surface area contributed by atoms with Crippen molar-refractivity contribution in [3.05, 3.63) is 104 Å². The summed E-state index contributed by atoms with van der Waals surface area (Å²) in [6.45, 7) is 2.81. The summed E-state index contributed by atoms with van der Waals surface area (Å²) in [5, 5.41) is 110. The Kier molecular flexibility index (Phi) is 10.4. The van der Waals surface area contributed by atoms with Gasteiger partial charge in [0.25, 0.3) is 11.8 Å². The number of aromatic hydroxyl groups is 2. The van der Waals surface area contributed by atoms with Gasteiger partial charge in [0.15, 0.2) is 22.8 Å². The second-order valence-corrected chi connectivity index (χ2v) is 17.9. The standard InChI is InChI=1S/2C22H24N2O8/c2*1-21(31)8-5-4-6-11(25)12(8)16(26)13-9(21)7-10-15(24(2)3)17(27)14(20(23)30)19(29)22(10,32)18(13)28/h2*4-6,9-10,15,25,27-28,31-32H,7H2,1-3H3,(H2,23,30)/t2*9-,10-,15-,21+,22-/m00/s1. The number of nitrogens with two attached hydrogens (primary N) is 2. The molecule has 0 aliphatic heterocycles. The van der Waals surface area contributed by atoms with E-state index in [0.717, 1.165) is 0 Å². The third kappa shape index (κ3) is 5.76. The molecular formula is C44H48N4O16. The summed E-state index contributed by atoms with van der Waals surface area (Å²) >= 11 is 0. The summed E-state index contributed by atoms with van der Waals surface area (Å²) in [6.07, 6.45) is -0.400. The molecule has 340 valence electrons. The number of aliphatic hydroxyl groups is 8. The van der Waals surface area contributed by atoms with Gasteiger partial charge in [0.2, 0.25) is 11.6 Å². The fraction of sp³-hybridized carbons (Fsp3) is 0.409. The van der Waals surface area contributed by atoms with E-state index in [1.807, 2.05) is 0 Å². The van der Waals surface area contributed by atoms with Crippen LogP contribution < -0.4 is 11.5 Å². The van der Waals surface area contributed by atoms with Crippen LogP contribution in [0.2, 0.25) is 0 Å². The van der Waals surface area contributed by atoms with Gasteiger partial charge in [-0.3, -0.25) is 38.6 Å². The number of benzene rings is 2. The summed E-state index contributed by atoms with van der Waals surface area (Å²) in [6, 6.07) is 6.10. The van der Waals surface area contributed by atoms with Gasteiger partial charge in [-0.2, -0.15) is 0 Å². The van der Waals surface area contributed by atoms with E-state index in [2.05, 4.69) is 0 Å². The van der Waals surface area contributed by atoms with E-state index in [9.17, 15) is 79.8 Å². The average molecular weight is 889 g/mol. The van der Waals surface area contributed by atoms with E-state index in [0.29, 0.717) is 0 Å². The Morgan fingerprint density at radius 3 is 1.17 bits per heavy atom. The Labute approximate surface area is 363 Å². The first-order valence-electron chi connectivity index (χ1n) is 19.9. The van der Waals surface area contributed by atoms with E-state index >= 15 is 0 Å². The molecule has 0 saturated heterocycles. The molecule has 0 radical (unpaired) electrons. The Morgan fingerprint density at radius 1 is 0.578 bits per heavy atom. The number of fused-ring (bicyclic) bond motifs is 6. The smallest absolute Gasteiger partial charge is 0.255 e. The van der Waals surface area contributed by atoms with Gasteiger partial charge in [-0.15, -0.1) is 0 Å². The molecule has 2 amide bonds. The lowest BCUT2D eigenvalue weighted by Gasteiger charge is -2.52. The van der Waals surface area contributed by atoms with Crippen molar-refractivity contribution < 1.29 is 79.8 Å². The van der Waals surface area contributed by atoms with Crippen molar-refractivity contribution in [1.82, 2.24) is 9.80 Å². The van der Waals surface area contributed by atoms with Crippen LogP contribution in [-0.2, 0) is 30.4 Å². The number of phenolic OH excluding ortho intramolecular Hbond substituents is 2. The monoisotopic (exact) mass is 888 g/mol. The Balaban J connectivity index is 0.000000191. The third-order valence-corrected chi connectivity index (χ3v) is 14.0. The number of Topliss-reactive ketones (excluding diaryl/α,β-unsaturated/α-hetero) is 4. The predicted molar refractivity (Wildman–Crippen MR) is 219 cm³/mol. The van der Waals surface area contributed by atoms with E-state index in [1.54, 1.807) is 0 Å². The molecule has 6 aliphatic carbocycles. The first-order valence-corrected chi connectivity index (χ1v) is 19.9. The molecule has 0 aromatic heterocycles. The van der Waals surface area contributed by atoms with Crippen LogP contribution in [0.5, 0.6) is 11.5 Å². The molecule has 8 rings (SSSR count). The molecule has 2 aromatic carbocycles. The van der Waals surface area contributed by atoms with Crippen LogP contribution in [0, 0.1) is 23.7 Å². The van der Waals surface area contributed by atoms with E-state index in [4.69, 9.17) is 11.5 Å². The molecule has 64 heavy (non-hydrogen) atoms. The Morgan fingerprint density at radius 2 is 0.891 bits per heavy atom. The number of ketones is 4. The summed E-state index contributed by atoms with van der Waals surface area (Å²) in [5.41, 5.74) is -1.31.